The van der Waals surface area contributed by atoms with Crippen molar-refractivity contribution >= 4 is 17.9 Å². The smallest absolute Gasteiger partial charge is 0.306 e. The van der Waals surface area contributed by atoms with Gasteiger partial charge in [0.25, 0.3) is 0 Å². The fourth-order valence-electron chi connectivity index (χ4n) is 10.1. The Labute approximate surface area is 462 Å². The molecule has 1 unspecified atom stereocenters. The van der Waals surface area contributed by atoms with Crippen LogP contribution in [0.25, 0.3) is 0 Å². The molecular formula is C68H128O6. The maximum absolute atomic E-state index is 12.9. The lowest BCUT2D eigenvalue weighted by Gasteiger charge is -2.18. The number of carbonyl (C=O) groups excluding carboxylic acids is 3. The highest BCUT2D eigenvalue weighted by atomic mass is 16.6. The fourth-order valence-corrected chi connectivity index (χ4v) is 10.1. The summed E-state index contributed by atoms with van der Waals surface area (Å²) in [6.07, 6.45) is 76.2. The van der Waals surface area contributed by atoms with Crippen molar-refractivity contribution in [1.82, 2.24) is 0 Å². The molecule has 0 N–H and O–H groups in total. The van der Waals surface area contributed by atoms with Crippen LogP contribution in [0.5, 0.6) is 0 Å². The first-order valence-corrected chi connectivity index (χ1v) is 33.3. The van der Waals surface area contributed by atoms with E-state index in [1.165, 1.54) is 270 Å². The molecule has 74 heavy (non-hydrogen) atoms. The first-order valence-electron chi connectivity index (χ1n) is 33.3. The standard InChI is InChI=1S/C68H128O6/c1-4-7-10-13-16-19-22-25-28-30-32-33-34-35-37-38-40-43-46-49-52-55-58-61-67(70)73-64-65(63-72-66(69)60-57-54-51-48-45-42-27-24-21-18-15-12-9-6-3)74-68(71)62-59-56-53-50-47-44-41-39-36-31-29-26-23-20-17-14-11-8-5-2/h24,26-27,29,65H,4-23,25,28,30-64H2,1-3H3/b27-24-,29-26-. The van der Waals surface area contributed by atoms with E-state index in [2.05, 4.69) is 45.1 Å². The van der Waals surface area contributed by atoms with Crippen LogP contribution in [-0.2, 0) is 28.6 Å². The Bertz CT molecular complexity index is 1190. The molecule has 0 amide bonds. The number of esters is 3. The molecule has 0 saturated heterocycles. The van der Waals surface area contributed by atoms with E-state index in [-0.39, 0.29) is 31.1 Å². The number of rotatable bonds is 62. The second-order valence-corrected chi connectivity index (χ2v) is 22.7. The molecule has 0 spiro atoms. The molecule has 0 fully saturated rings. The van der Waals surface area contributed by atoms with Gasteiger partial charge < -0.3 is 14.2 Å². The summed E-state index contributed by atoms with van der Waals surface area (Å²) in [5, 5.41) is 0. The lowest BCUT2D eigenvalue weighted by Crippen LogP contribution is -2.30. The van der Waals surface area contributed by atoms with Crippen molar-refractivity contribution in [3.63, 3.8) is 0 Å². The average molecular weight is 1040 g/mol. The Morgan fingerprint density at radius 3 is 0.676 bits per heavy atom. The van der Waals surface area contributed by atoms with Gasteiger partial charge in [0, 0.05) is 19.3 Å². The van der Waals surface area contributed by atoms with Gasteiger partial charge in [-0.25, -0.2) is 0 Å². The van der Waals surface area contributed by atoms with E-state index in [0.717, 1.165) is 64.2 Å². The number of allylic oxidation sites excluding steroid dienone is 4. The molecule has 0 aromatic heterocycles. The van der Waals surface area contributed by atoms with Gasteiger partial charge in [0.2, 0.25) is 0 Å². The zero-order chi connectivity index (χ0) is 53.6. The fraction of sp³-hybridized carbons (Fsp3) is 0.897. The number of carbonyl (C=O) groups is 3. The molecule has 0 saturated carbocycles. The van der Waals surface area contributed by atoms with Crippen LogP contribution < -0.4 is 0 Å². The van der Waals surface area contributed by atoms with Gasteiger partial charge in [-0.15, -0.1) is 0 Å². The third-order valence-corrected chi connectivity index (χ3v) is 15.2. The van der Waals surface area contributed by atoms with Crippen molar-refractivity contribution in [3.8, 4) is 0 Å². The molecule has 0 rings (SSSR count). The summed E-state index contributed by atoms with van der Waals surface area (Å²) in [6.45, 7) is 6.69. The summed E-state index contributed by atoms with van der Waals surface area (Å²) in [7, 11) is 0. The second-order valence-electron chi connectivity index (χ2n) is 22.7. The van der Waals surface area contributed by atoms with E-state index in [1.807, 2.05) is 0 Å². The Hall–Kier alpha value is -2.11. The van der Waals surface area contributed by atoms with E-state index < -0.39 is 6.10 Å². The van der Waals surface area contributed by atoms with E-state index in [4.69, 9.17) is 14.2 Å². The van der Waals surface area contributed by atoms with E-state index in [0.29, 0.717) is 19.3 Å². The predicted octanol–water partition coefficient (Wildman–Crippen LogP) is 22.6. The largest absolute Gasteiger partial charge is 0.462 e. The summed E-state index contributed by atoms with van der Waals surface area (Å²) >= 11 is 0. The lowest BCUT2D eigenvalue weighted by atomic mass is 10.0. The zero-order valence-corrected chi connectivity index (χ0v) is 50.1. The molecule has 0 aliphatic rings. The summed E-state index contributed by atoms with van der Waals surface area (Å²) in [4.78, 5) is 38.3. The first kappa shape index (κ1) is 71.9. The number of hydrogen-bond acceptors (Lipinski definition) is 6. The van der Waals surface area contributed by atoms with Gasteiger partial charge in [-0.1, -0.05) is 308 Å². The van der Waals surface area contributed by atoms with Crippen LogP contribution >= 0.6 is 0 Å². The first-order chi connectivity index (χ1) is 36.5. The molecule has 0 radical (unpaired) electrons. The summed E-state index contributed by atoms with van der Waals surface area (Å²) in [5.41, 5.74) is 0. The Balaban J connectivity index is 4.27. The second kappa shape index (κ2) is 63.4. The third-order valence-electron chi connectivity index (χ3n) is 15.2. The average Bonchev–Trinajstić information content (AvgIpc) is 3.40. The minimum absolute atomic E-state index is 0.0694. The third kappa shape index (κ3) is 60.8. The highest BCUT2D eigenvalue weighted by Gasteiger charge is 2.19. The topological polar surface area (TPSA) is 78.9 Å². The quantitative estimate of drug-likeness (QED) is 0.0261. The van der Waals surface area contributed by atoms with Crippen molar-refractivity contribution in [2.24, 2.45) is 0 Å². The highest BCUT2D eigenvalue weighted by molar-refractivity contribution is 5.71. The molecule has 0 aromatic rings. The van der Waals surface area contributed by atoms with Crippen LogP contribution in [0.3, 0.4) is 0 Å². The van der Waals surface area contributed by atoms with Crippen molar-refractivity contribution in [2.75, 3.05) is 13.2 Å². The zero-order valence-electron chi connectivity index (χ0n) is 50.1. The minimum atomic E-state index is -0.773. The van der Waals surface area contributed by atoms with Gasteiger partial charge in [-0.2, -0.15) is 0 Å². The lowest BCUT2D eigenvalue weighted by molar-refractivity contribution is -0.167. The number of hydrogen-bond donors (Lipinski definition) is 0. The van der Waals surface area contributed by atoms with Gasteiger partial charge in [0.05, 0.1) is 0 Å². The molecule has 0 heterocycles. The van der Waals surface area contributed by atoms with Crippen molar-refractivity contribution in [3.05, 3.63) is 24.3 Å². The van der Waals surface area contributed by atoms with Crippen LogP contribution in [0.4, 0.5) is 0 Å². The normalized spacial score (nSPS) is 12.1. The molecule has 0 aromatic carbocycles. The van der Waals surface area contributed by atoms with E-state index in [9.17, 15) is 14.4 Å². The Kier molecular flexibility index (Phi) is 61.6. The van der Waals surface area contributed by atoms with Crippen LogP contribution in [-0.4, -0.2) is 37.2 Å². The number of ether oxygens (including phenoxy) is 3. The van der Waals surface area contributed by atoms with E-state index in [1.54, 1.807) is 0 Å². The molecule has 0 aliphatic heterocycles. The van der Waals surface area contributed by atoms with E-state index >= 15 is 0 Å². The molecular weight excluding hydrogens is 913 g/mol. The van der Waals surface area contributed by atoms with Crippen LogP contribution in [0, 0.1) is 0 Å². The van der Waals surface area contributed by atoms with Gasteiger partial charge >= 0.3 is 17.9 Å². The maximum Gasteiger partial charge on any atom is 0.306 e. The molecule has 0 bridgehead atoms. The Morgan fingerprint density at radius 2 is 0.446 bits per heavy atom. The minimum Gasteiger partial charge on any atom is -0.462 e. The predicted molar refractivity (Wildman–Crippen MR) is 321 cm³/mol. The van der Waals surface area contributed by atoms with Crippen molar-refractivity contribution in [2.45, 2.75) is 380 Å². The van der Waals surface area contributed by atoms with Crippen molar-refractivity contribution < 1.29 is 28.6 Å². The molecule has 0 aliphatic carbocycles. The molecule has 6 heteroatoms. The Morgan fingerprint density at radius 1 is 0.257 bits per heavy atom. The summed E-state index contributed by atoms with van der Waals surface area (Å²) in [5.74, 6) is -0.853. The highest BCUT2D eigenvalue weighted by Crippen LogP contribution is 2.18. The van der Waals surface area contributed by atoms with Crippen LogP contribution in [0.1, 0.15) is 374 Å². The summed E-state index contributed by atoms with van der Waals surface area (Å²) in [6, 6.07) is 0. The van der Waals surface area contributed by atoms with Crippen LogP contribution in [0.15, 0.2) is 24.3 Å². The number of unbranched alkanes of at least 4 members (excludes halogenated alkanes) is 47. The van der Waals surface area contributed by atoms with Gasteiger partial charge in [0.15, 0.2) is 6.10 Å². The SMILES string of the molecule is CCCCCCC/C=C\CCCCCCCC(=O)OCC(COC(=O)CCCCCCCCCCCCCCCCCCCCCCCCC)OC(=O)CCCCCCCCCCC/C=C\CCCCCCCC. The summed E-state index contributed by atoms with van der Waals surface area (Å²) < 4.78 is 17.0. The maximum atomic E-state index is 12.9. The van der Waals surface area contributed by atoms with Crippen molar-refractivity contribution in [1.29, 1.82) is 0 Å². The monoisotopic (exact) mass is 1040 g/mol. The molecule has 436 valence electrons. The molecule has 1 atom stereocenters. The van der Waals surface area contributed by atoms with Gasteiger partial charge in [-0.3, -0.25) is 14.4 Å². The van der Waals surface area contributed by atoms with Gasteiger partial charge in [0.1, 0.15) is 13.2 Å². The van der Waals surface area contributed by atoms with Gasteiger partial charge in [-0.05, 0) is 70.6 Å². The van der Waals surface area contributed by atoms with Crippen LogP contribution in [0.2, 0.25) is 0 Å². The molecule has 6 nitrogen and oxygen atoms in total.